The molecule has 3 nitrogen and oxygen atoms in total. The molecule has 0 amide bonds. The largest absolute Gasteiger partial charge is 0.288 e. The Labute approximate surface area is 80.8 Å². The first-order valence-corrected chi connectivity index (χ1v) is 4.00. The maximum absolute atomic E-state index is 10.5. The van der Waals surface area contributed by atoms with Crippen LogP contribution in [-0.4, -0.2) is 4.92 Å². The van der Waals surface area contributed by atoms with Gasteiger partial charge in [-0.3, -0.25) is 10.1 Å². The summed E-state index contributed by atoms with van der Waals surface area (Å²) in [6.45, 7) is 5.47. The SMILES string of the molecule is C=C(C)c1ccc(Cl)c([N+](=O)[O-])c1. The third-order valence-electron chi connectivity index (χ3n) is 1.64. The topological polar surface area (TPSA) is 43.1 Å². The van der Waals surface area contributed by atoms with Crippen LogP contribution in [0.4, 0.5) is 5.69 Å². The summed E-state index contributed by atoms with van der Waals surface area (Å²) in [4.78, 5) is 9.98. The van der Waals surface area contributed by atoms with Crippen LogP contribution in [0.1, 0.15) is 12.5 Å². The van der Waals surface area contributed by atoms with Gasteiger partial charge in [-0.15, -0.1) is 0 Å². The molecule has 0 aliphatic rings. The zero-order valence-electron chi connectivity index (χ0n) is 7.08. The quantitative estimate of drug-likeness (QED) is 0.539. The van der Waals surface area contributed by atoms with Gasteiger partial charge in [-0.2, -0.15) is 0 Å². The van der Waals surface area contributed by atoms with Crippen LogP contribution in [0.5, 0.6) is 0 Å². The number of nitro benzene ring substituents is 1. The van der Waals surface area contributed by atoms with Crippen LogP contribution in [0.3, 0.4) is 0 Å². The molecule has 0 atom stereocenters. The van der Waals surface area contributed by atoms with Crippen LogP contribution in [-0.2, 0) is 0 Å². The third-order valence-corrected chi connectivity index (χ3v) is 1.96. The molecule has 4 heteroatoms. The van der Waals surface area contributed by atoms with Crippen LogP contribution in [0.2, 0.25) is 5.02 Å². The molecule has 0 N–H and O–H groups in total. The molecule has 0 aliphatic carbocycles. The normalized spacial score (nSPS) is 9.69. The highest BCUT2D eigenvalue weighted by atomic mass is 35.5. The lowest BCUT2D eigenvalue weighted by Crippen LogP contribution is -1.90. The lowest BCUT2D eigenvalue weighted by atomic mass is 10.1. The molecule has 0 fully saturated rings. The number of rotatable bonds is 2. The van der Waals surface area contributed by atoms with Gasteiger partial charge in [0.25, 0.3) is 5.69 Å². The van der Waals surface area contributed by atoms with Gasteiger partial charge in [0.2, 0.25) is 0 Å². The molecule has 0 unspecified atom stereocenters. The predicted octanol–water partition coefficient (Wildman–Crippen LogP) is 3.28. The summed E-state index contributed by atoms with van der Waals surface area (Å²) >= 11 is 5.62. The van der Waals surface area contributed by atoms with Gasteiger partial charge in [-0.1, -0.05) is 29.8 Å². The van der Waals surface area contributed by atoms with Crippen LogP contribution in [0, 0.1) is 10.1 Å². The Morgan fingerprint density at radius 3 is 2.69 bits per heavy atom. The van der Waals surface area contributed by atoms with E-state index in [2.05, 4.69) is 6.58 Å². The van der Waals surface area contributed by atoms with E-state index in [1.54, 1.807) is 13.0 Å². The molecule has 1 aromatic rings. The molecule has 13 heavy (non-hydrogen) atoms. The second-order valence-corrected chi connectivity index (χ2v) is 3.11. The Morgan fingerprint density at radius 1 is 1.62 bits per heavy atom. The molecule has 0 heterocycles. The van der Waals surface area contributed by atoms with Gasteiger partial charge >= 0.3 is 0 Å². The second kappa shape index (κ2) is 3.58. The molecule has 0 saturated heterocycles. The molecule has 0 aliphatic heterocycles. The van der Waals surface area contributed by atoms with Crippen molar-refractivity contribution in [2.75, 3.05) is 0 Å². The van der Waals surface area contributed by atoms with E-state index in [1.165, 1.54) is 12.1 Å². The summed E-state index contributed by atoms with van der Waals surface area (Å²) in [6.07, 6.45) is 0. The first kappa shape index (κ1) is 9.74. The Kier molecular flexibility index (Phi) is 2.68. The van der Waals surface area contributed by atoms with E-state index < -0.39 is 4.92 Å². The van der Waals surface area contributed by atoms with Crippen molar-refractivity contribution in [3.63, 3.8) is 0 Å². The van der Waals surface area contributed by atoms with Crippen molar-refractivity contribution in [3.8, 4) is 0 Å². The number of halogens is 1. The number of allylic oxidation sites excluding steroid dienone is 1. The number of nitro groups is 1. The lowest BCUT2D eigenvalue weighted by molar-refractivity contribution is -0.384. The maximum atomic E-state index is 10.5. The molecule has 0 radical (unpaired) electrons. The van der Waals surface area contributed by atoms with Crippen LogP contribution in [0.15, 0.2) is 24.8 Å². The molecule has 1 rings (SSSR count). The summed E-state index contributed by atoms with van der Waals surface area (Å²) < 4.78 is 0. The Morgan fingerprint density at radius 2 is 2.23 bits per heavy atom. The van der Waals surface area contributed by atoms with Crippen LogP contribution < -0.4 is 0 Å². The highest BCUT2D eigenvalue weighted by Gasteiger charge is 2.12. The fourth-order valence-electron chi connectivity index (χ4n) is 0.918. The summed E-state index contributed by atoms with van der Waals surface area (Å²) in [5.41, 5.74) is 1.43. The van der Waals surface area contributed by atoms with Crippen LogP contribution in [0.25, 0.3) is 5.57 Å². The van der Waals surface area contributed by atoms with Crippen molar-refractivity contribution in [1.82, 2.24) is 0 Å². The second-order valence-electron chi connectivity index (χ2n) is 2.70. The molecule has 0 spiro atoms. The Balaban J connectivity index is 3.27. The van der Waals surface area contributed by atoms with E-state index in [1.807, 2.05) is 0 Å². The Bertz CT molecular complexity index is 374. The summed E-state index contributed by atoms with van der Waals surface area (Å²) in [5, 5.41) is 10.6. The lowest BCUT2D eigenvalue weighted by Gasteiger charge is -2.00. The van der Waals surface area contributed by atoms with Gasteiger partial charge in [0.15, 0.2) is 0 Å². The molecule has 0 saturated carbocycles. The standard InChI is InChI=1S/C9H8ClNO2/c1-6(2)7-3-4-8(10)9(5-7)11(12)13/h3-5H,1H2,2H3. The van der Waals surface area contributed by atoms with Gasteiger partial charge in [-0.05, 0) is 18.6 Å². The van der Waals surface area contributed by atoms with Gasteiger partial charge < -0.3 is 0 Å². The first-order valence-electron chi connectivity index (χ1n) is 3.62. The average Bonchev–Trinajstić information content (AvgIpc) is 2.04. The highest BCUT2D eigenvalue weighted by molar-refractivity contribution is 6.32. The molecule has 68 valence electrons. The maximum Gasteiger partial charge on any atom is 0.288 e. The zero-order chi connectivity index (χ0) is 10.0. The fourth-order valence-corrected chi connectivity index (χ4v) is 1.10. The van der Waals surface area contributed by atoms with Gasteiger partial charge in [-0.25, -0.2) is 0 Å². The number of benzene rings is 1. The molecule has 0 bridgehead atoms. The average molecular weight is 198 g/mol. The number of hydrogen-bond donors (Lipinski definition) is 0. The fraction of sp³-hybridized carbons (Fsp3) is 0.111. The van der Waals surface area contributed by atoms with Crippen molar-refractivity contribution in [1.29, 1.82) is 0 Å². The van der Waals surface area contributed by atoms with E-state index in [0.29, 0.717) is 0 Å². The van der Waals surface area contributed by atoms with Crippen LogP contribution >= 0.6 is 11.6 Å². The zero-order valence-corrected chi connectivity index (χ0v) is 7.84. The Hall–Kier alpha value is -1.35. The van der Waals surface area contributed by atoms with E-state index >= 15 is 0 Å². The first-order chi connectivity index (χ1) is 6.02. The number of nitrogens with zero attached hydrogens (tertiary/aromatic N) is 1. The molecule has 1 aromatic carbocycles. The van der Waals surface area contributed by atoms with E-state index in [9.17, 15) is 10.1 Å². The van der Waals surface area contributed by atoms with Crippen molar-refractivity contribution in [2.24, 2.45) is 0 Å². The van der Waals surface area contributed by atoms with Gasteiger partial charge in [0.05, 0.1) is 4.92 Å². The van der Waals surface area contributed by atoms with E-state index in [4.69, 9.17) is 11.6 Å². The minimum absolute atomic E-state index is 0.0813. The monoisotopic (exact) mass is 197 g/mol. The summed E-state index contributed by atoms with van der Waals surface area (Å²) in [6, 6.07) is 4.63. The van der Waals surface area contributed by atoms with E-state index in [0.717, 1.165) is 11.1 Å². The van der Waals surface area contributed by atoms with Crippen molar-refractivity contribution in [3.05, 3.63) is 45.5 Å². The van der Waals surface area contributed by atoms with Gasteiger partial charge in [0, 0.05) is 6.07 Å². The minimum Gasteiger partial charge on any atom is -0.258 e. The van der Waals surface area contributed by atoms with E-state index in [-0.39, 0.29) is 10.7 Å². The summed E-state index contributed by atoms with van der Waals surface area (Å²) in [7, 11) is 0. The molecular weight excluding hydrogens is 190 g/mol. The molecular formula is C9H8ClNO2. The smallest absolute Gasteiger partial charge is 0.258 e. The third kappa shape index (κ3) is 2.06. The van der Waals surface area contributed by atoms with Crippen molar-refractivity contribution < 1.29 is 4.92 Å². The van der Waals surface area contributed by atoms with Gasteiger partial charge in [0.1, 0.15) is 5.02 Å². The highest BCUT2D eigenvalue weighted by Crippen LogP contribution is 2.27. The van der Waals surface area contributed by atoms with Crippen molar-refractivity contribution >= 4 is 22.9 Å². The predicted molar refractivity (Wildman–Crippen MR) is 52.8 cm³/mol. The summed E-state index contributed by atoms with van der Waals surface area (Å²) in [5.74, 6) is 0. The number of hydrogen-bond acceptors (Lipinski definition) is 2. The van der Waals surface area contributed by atoms with Crippen molar-refractivity contribution in [2.45, 2.75) is 6.92 Å². The minimum atomic E-state index is -0.505. The molecule has 0 aromatic heterocycles.